The fourth-order valence-electron chi connectivity index (χ4n) is 4.26. The Morgan fingerprint density at radius 1 is 1.14 bits per heavy atom. The number of aryl methyl sites for hydroxylation is 1. The van der Waals surface area contributed by atoms with Crippen LogP contribution < -0.4 is 10.2 Å². The summed E-state index contributed by atoms with van der Waals surface area (Å²) in [6.07, 6.45) is 2.97. The van der Waals surface area contributed by atoms with E-state index in [1.165, 1.54) is 10.9 Å². The van der Waals surface area contributed by atoms with Gasteiger partial charge in [-0.05, 0) is 68.7 Å². The number of rotatable bonds is 4. The zero-order chi connectivity index (χ0) is 24.7. The Balaban J connectivity index is 1.48. The number of amides is 1. The largest absolute Gasteiger partial charge is 0.378 e. The zero-order valence-corrected chi connectivity index (χ0v) is 20.2. The molecule has 0 saturated carbocycles. The molecule has 4 heterocycles. The molecule has 3 aromatic heterocycles. The van der Waals surface area contributed by atoms with Crippen LogP contribution >= 0.6 is 0 Å². The van der Waals surface area contributed by atoms with Crippen LogP contribution in [-0.2, 0) is 10.3 Å². The van der Waals surface area contributed by atoms with Gasteiger partial charge in [0.15, 0.2) is 5.65 Å². The predicted octanol–water partition coefficient (Wildman–Crippen LogP) is 3.88. The van der Waals surface area contributed by atoms with E-state index in [9.17, 15) is 9.18 Å². The number of anilines is 2. The van der Waals surface area contributed by atoms with Crippen LogP contribution in [0.5, 0.6) is 0 Å². The minimum absolute atomic E-state index is 0.0958. The van der Waals surface area contributed by atoms with E-state index >= 15 is 0 Å². The summed E-state index contributed by atoms with van der Waals surface area (Å²) < 4.78 is 23.5. The fraction of sp³-hybridized carbons (Fsp3) is 0.360. The van der Waals surface area contributed by atoms with E-state index in [4.69, 9.17) is 4.74 Å². The Kier molecular flexibility index (Phi) is 5.76. The van der Waals surface area contributed by atoms with Gasteiger partial charge in [0.1, 0.15) is 17.7 Å². The van der Waals surface area contributed by atoms with E-state index in [1.807, 2.05) is 50.3 Å². The van der Waals surface area contributed by atoms with Gasteiger partial charge in [-0.15, -0.1) is 10.2 Å². The van der Waals surface area contributed by atoms with Crippen LogP contribution in [0.15, 0.2) is 42.9 Å². The number of hydrogen-bond acceptors (Lipinski definition) is 6. The molecule has 0 unspecified atom stereocenters. The molecule has 0 atom stereocenters. The number of aromatic nitrogens is 5. The van der Waals surface area contributed by atoms with E-state index in [2.05, 4.69) is 31.6 Å². The van der Waals surface area contributed by atoms with Gasteiger partial charge in [0.05, 0.1) is 24.9 Å². The average molecular weight is 478 g/mol. The number of hydrogen-bond donors (Lipinski definition) is 1. The van der Waals surface area contributed by atoms with Crippen molar-refractivity contribution in [3.05, 3.63) is 59.9 Å². The molecule has 9 nitrogen and oxygen atoms in total. The Hall–Kier alpha value is -3.79. The molecular weight excluding hydrogens is 449 g/mol. The summed E-state index contributed by atoms with van der Waals surface area (Å²) in [5.41, 5.74) is 3.55. The molecule has 0 bridgehead atoms. The number of fused-ring (bicyclic) bond motifs is 1. The summed E-state index contributed by atoms with van der Waals surface area (Å²) in [7, 11) is 0. The Labute approximate surface area is 202 Å². The highest BCUT2D eigenvalue weighted by molar-refractivity contribution is 6.04. The SMILES string of the molecule is Cc1ccc(NC(=O)c2cnn(C(C)(C)C)c2F)cc1-c1cc(N2CCOCC2)n2cnnc2c1. The van der Waals surface area contributed by atoms with E-state index in [1.54, 1.807) is 12.4 Å². The summed E-state index contributed by atoms with van der Waals surface area (Å²) in [6.45, 7) is 10.4. The number of halogens is 1. The van der Waals surface area contributed by atoms with Crippen molar-refractivity contribution in [2.45, 2.75) is 33.2 Å². The third-order valence-electron chi connectivity index (χ3n) is 6.12. The third-order valence-corrected chi connectivity index (χ3v) is 6.12. The van der Waals surface area contributed by atoms with Crippen LogP contribution in [0.1, 0.15) is 36.7 Å². The number of carbonyl (C=O) groups is 1. The summed E-state index contributed by atoms with van der Waals surface area (Å²) in [5, 5.41) is 15.2. The van der Waals surface area contributed by atoms with Crippen LogP contribution in [-0.4, -0.2) is 56.6 Å². The van der Waals surface area contributed by atoms with Crippen LogP contribution in [0.2, 0.25) is 0 Å². The van der Waals surface area contributed by atoms with Gasteiger partial charge < -0.3 is 15.0 Å². The summed E-state index contributed by atoms with van der Waals surface area (Å²) in [6, 6.07) is 9.70. The number of pyridine rings is 1. The second kappa shape index (κ2) is 8.77. The van der Waals surface area contributed by atoms with Gasteiger partial charge in [-0.25, -0.2) is 4.68 Å². The number of benzene rings is 1. The van der Waals surface area contributed by atoms with Crippen LogP contribution in [0.25, 0.3) is 16.8 Å². The molecule has 1 aliphatic heterocycles. The summed E-state index contributed by atoms with van der Waals surface area (Å²) in [4.78, 5) is 15.1. The van der Waals surface area contributed by atoms with Gasteiger partial charge in [-0.3, -0.25) is 9.20 Å². The second-order valence-corrected chi connectivity index (χ2v) is 9.68. The molecule has 5 rings (SSSR count). The normalized spacial score (nSPS) is 14.5. The highest BCUT2D eigenvalue weighted by Crippen LogP contribution is 2.31. The maximum Gasteiger partial charge on any atom is 0.261 e. The van der Waals surface area contributed by atoms with Gasteiger partial charge in [-0.2, -0.15) is 9.49 Å². The highest BCUT2D eigenvalue weighted by atomic mass is 19.1. The molecular formula is C25H28FN7O2. The lowest BCUT2D eigenvalue weighted by molar-refractivity contribution is 0.102. The van der Waals surface area contributed by atoms with E-state index in [0.29, 0.717) is 18.9 Å². The summed E-state index contributed by atoms with van der Waals surface area (Å²) in [5.74, 6) is -0.222. The molecule has 0 radical (unpaired) electrons. The molecule has 1 aliphatic rings. The molecule has 1 amide bonds. The predicted molar refractivity (Wildman–Crippen MR) is 131 cm³/mol. The maximum atomic E-state index is 14.8. The Bertz CT molecular complexity index is 1400. The zero-order valence-electron chi connectivity index (χ0n) is 20.2. The first-order valence-corrected chi connectivity index (χ1v) is 11.6. The summed E-state index contributed by atoms with van der Waals surface area (Å²) >= 11 is 0. The van der Waals surface area contributed by atoms with Crippen molar-refractivity contribution in [3.63, 3.8) is 0 Å². The number of nitrogens with zero attached hydrogens (tertiary/aromatic N) is 6. The average Bonchev–Trinajstić information content (AvgIpc) is 3.46. The van der Waals surface area contributed by atoms with Gasteiger partial charge in [0, 0.05) is 18.8 Å². The monoisotopic (exact) mass is 477 g/mol. The number of morpholine rings is 1. The van der Waals surface area contributed by atoms with E-state index in [0.717, 1.165) is 41.2 Å². The molecule has 35 heavy (non-hydrogen) atoms. The first kappa shape index (κ1) is 23.0. The first-order chi connectivity index (χ1) is 16.7. The molecule has 0 aliphatic carbocycles. The van der Waals surface area contributed by atoms with Gasteiger partial charge in [-0.1, -0.05) is 6.07 Å². The van der Waals surface area contributed by atoms with Crippen molar-refractivity contribution in [1.29, 1.82) is 0 Å². The lowest BCUT2D eigenvalue weighted by Gasteiger charge is -2.29. The molecule has 4 aromatic rings. The van der Waals surface area contributed by atoms with Crippen molar-refractivity contribution in [3.8, 4) is 11.1 Å². The second-order valence-electron chi connectivity index (χ2n) is 9.68. The lowest BCUT2D eigenvalue weighted by Crippen LogP contribution is -2.37. The van der Waals surface area contributed by atoms with Crippen LogP contribution in [0, 0.1) is 12.9 Å². The lowest BCUT2D eigenvalue weighted by atomic mass is 10.00. The minimum Gasteiger partial charge on any atom is -0.378 e. The topological polar surface area (TPSA) is 89.6 Å². The molecule has 10 heteroatoms. The van der Waals surface area contributed by atoms with Crippen LogP contribution in [0.3, 0.4) is 0 Å². The highest BCUT2D eigenvalue weighted by Gasteiger charge is 2.25. The van der Waals surface area contributed by atoms with Gasteiger partial charge in [0.25, 0.3) is 5.91 Å². The number of carbonyl (C=O) groups excluding carboxylic acids is 1. The van der Waals surface area contributed by atoms with Crippen molar-refractivity contribution >= 4 is 23.1 Å². The Morgan fingerprint density at radius 2 is 1.91 bits per heavy atom. The molecule has 1 fully saturated rings. The first-order valence-electron chi connectivity index (χ1n) is 11.6. The molecule has 1 N–H and O–H groups in total. The molecule has 1 saturated heterocycles. The van der Waals surface area contributed by atoms with Crippen molar-refractivity contribution in [2.75, 3.05) is 36.5 Å². The number of nitrogens with one attached hydrogen (secondary N) is 1. The fourth-order valence-corrected chi connectivity index (χ4v) is 4.26. The standard InChI is InChI=1S/C25H28FN7O2/c1-16-5-6-18(29-24(34)20-14-28-33(23(20)26)25(2,3)4)13-19(16)17-11-21-30-27-15-32(21)22(12-17)31-7-9-35-10-8-31/h5-6,11-15H,7-10H2,1-4H3,(H,29,34). The molecule has 0 spiro atoms. The van der Waals surface area contributed by atoms with Gasteiger partial charge in [0.2, 0.25) is 5.95 Å². The van der Waals surface area contributed by atoms with Crippen molar-refractivity contribution in [2.24, 2.45) is 0 Å². The van der Waals surface area contributed by atoms with Crippen LogP contribution in [0.4, 0.5) is 15.9 Å². The van der Waals surface area contributed by atoms with Gasteiger partial charge >= 0.3 is 0 Å². The van der Waals surface area contributed by atoms with E-state index < -0.39 is 17.4 Å². The van der Waals surface area contributed by atoms with Crippen molar-refractivity contribution in [1.82, 2.24) is 24.4 Å². The maximum absolute atomic E-state index is 14.8. The van der Waals surface area contributed by atoms with E-state index in [-0.39, 0.29) is 5.56 Å². The third kappa shape index (κ3) is 4.37. The number of ether oxygens (including phenoxy) is 1. The quantitative estimate of drug-likeness (QED) is 0.480. The molecule has 182 valence electrons. The Morgan fingerprint density at radius 3 is 2.63 bits per heavy atom. The minimum atomic E-state index is -0.658. The molecule has 1 aromatic carbocycles. The smallest absolute Gasteiger partial charge is 0.261 e. The van der Waals surface area contributed by atoms with Crippen molar-refractivity contribution < 1.29 is 13.9 Å².